The molecule has 0 aromatic rings. The Bertz CT molecular complexity index is 83.7. The van der Waals surface area contributed by atoms with Crippen LogP contribution in [-0.4, -0.2) is 55.0 Å². The molecule has 0 bridgehead atoms. The highest BCUT2D eigenvalue weighted by Crippen LogP contribution is 1.71. The zero-order valence-corrected chi connectivity index (χ0v) is 8.57. The maximum atomic E-state index is 9.94. The van der Waals surface area contributed by atoms with E-state index in [2.05, 4.69) is 4.74 Å². The third-order valence-electron chi connectivity index (χ3n) is 0.434. The Morgan fingerprint density at radius 3 is 2.09 bits per heavy atom. The predicted octanol–water partition coefficient (Wildman–Crippen LogP) is -0.912. The topological polar surface area (TPSA) is 46.5 Å². The molecule has 0 aliphatic carbocycles. The summed E-state index contributed by atoms with van der Waals surface area (Å²) >= 11 is -0.639. The molecule has 11 heavy (non-hydrogen) atoms. The third kappa shape index (κ3) is 24.7. The molecule has 0 heterocycles. The number of ether oxygens (including phenoxy) is 1. The molecule has 0 aliphatic rings. The van der Waals surface area contributed by atoms with E-state index >= 15 is 0 Å². The molecule has 0 saturated carbocycles. The summed E-state index contributed by atoms with van der Waals surface area (Å²) in [5, 5.41) is 7.99. The van der Waals surface area contributed by atoms with Gasteiger partial charge in [0.1, 0.15) is 6.61 Å². The lowest BCUT2D eigenvalue weighted by molar-refractivity contribution is -0.146. The van der Waals surface area contributed by atoms with Crippen molar-refractivity contribution in [2.75, 3.05) is 13.2 Å². The summed E-state index contributed by atoms with van der Waals surface area (Å²) in [6.45, 7) is 1.50. The van der Waals surface area contributed by atoms with Crippen molar-refractivity contribution in [3.05, 3.63) is 0 Å². The van der Waals surface area contributed by atoms with Gasteiger partial charge >= 0.3 is 19.3 Å². The molecule has 0 radical (unpaired) electrons. The normalized spacial score (nSPS) is 6.55. The van der Waals surface area contributed by atoms with Gasteiger partial charge in [0.05, 0.1) is 6.61 Å². The number of hydrogen-bond acceptors (Lipinski definition) is 3. The Morgan fingerprint density at radius 2 is 2.00 bits per heavy atom. The number of rotatable bonds is 2. The quantitative estimate of drug-likeness (QED) is 0.496. The van der Waals surface area contributed by atoms with Gasteiger partial charge in [-0.2, -0.15) is 0 Å². The van der Waals surface area contributed by atoms with E-state index in [0.717, 1.165) is 0 Å². The summed E-state index contributed by atoms with van der Waals surface area (Å²) in [6, 6.07) is 0. The van der Waals surface area contributed by atoms with Crippen LogP contribution in [0.5, 0.6) is 0 Å². The van der Waals surface area contributed by atoms with Crippen LogP contribution in [0.3, 0.4) is 0 Å². The van der Waals surface area contributed by atoms with E-state index in [1.807, 2.05) is 0 Å². The first-order valence-electron chi connectivity index (χ1n) is 2.61. The van der Waals surface area contributed by atoms with E-state index < -0.39 is 26.0 Å². The zero-order valence-electron chi connectivity index (χ0n) is 5.64. The van der Waals surface area contributed by atoms with Crippen molar-refractivity contribution in [3.8, 4) is 0 Å². The van der Waals surface area contributed by atoms with Crippen molar-refractivity contribution in [1.29, 1.82) is 0 Å². The fourth-order valence-corrected chi connectivity index (χ4v) is 0.207. The van der Waals surface area contributed by atoms with Gasteiger partial charge in [0.15, 0.2) is 17.4 Å². The second-order valence-corrected chi connectivity index (χ2v) is 3.69. The predicted molar refractivity (Wildman–Crippen MR) is 52.5 cm³/mol. The van der Waals surface area contributed by atoms with Gasteiger partial charge in [0.2, 0.25) is 0 Å². The number of carbonyl (C=O) groups excluding carboxylic acids is 1. The Labute approximate surface area is 91.3 Å². The minimum absolute atomic E-state index is 0. The van der Waals surface area contributed by atoms with Crippen LogP contribution in [0, 0.1) is 0 Å². The molecule has 0 aliphatic heterocycles. The first-order chi connectivity index (χ1) is 4.72. The van der Waals surface area contributed by atoms with E-state index in [1.54, 1.807) is 6.92 Å². The van der Waals surface area contributed by atoms with Crippen molar-refractivity contribution in [1.82, 2.24) is 0 Å². The van der Waals surface area contributed by atoms with Crippen molar-refractivity contribution < 1.29 is 14.6 Å². The van der Waals surface area contributed by atoms with Crippen LogP contribution in [0.25, 0.3) is 0 Å². The van der Waals surface area contributed by atoms with E-state index in [-0.39, 0.29) is 17.4 Å². The maximum Gasteiger partial charge on any atom is 0.499 e. The molecule has 7 heteroatoms. The number of carbonyl (C=O) groups is 1. The van der Waals surface area contributed by atoms with Crippen molar-refractivity contribution in [2.24, 2.45) is 0 Å². The lowest BCUT2D eigenvalue weighted by atomic mass is 10.7. The van der Waals surface area contributed by atoms with Crippen LogP contribution in [0.1, 0.15) is 6.92 Å². The van der Waals surface area contributed by atoms with Gasteiger partial charge in [-0.1, -0.05) is 0 Å². The van der Waals surface area contributed by atoms with Crippen molar-refractivity contribution >= 4 is 56.8 Å². The monoisotopic (exact) mass is 232 g/mol. The summed E-state index contributed by atoms with van der Waals surface area (Å²) < 4.78 is 4.30. The second kappa shape index (κ2) is 17.2. The van der Waals surface area contributed by atoms with Crippen LogP contribution < -0.4 is 0 Å². The van der Waals surface area contributed by atoms with Gasteiger partial charge < -0.3 is 9.84 Å². The minimum atomic E-state index is -0.639. The lowest BCUT2D eigenvalue weighted by Gasteiger charge is -1.93. The molecule has 0 rings (SSSR count). The molecular formula is C4H12Al2Cl2O3. The van der Waals surface area contributed by atoms with Crippen LogP contribution in [-0.2, 0) is 9.53 Å². The fourth-order valence-electron chi connectivity index (χ4n) is 0.207. The standard InChI is InChI=1S/C4H8O3.2Al.2ClH.4H/c1-2-7-4(6)3-5;;;;;;;;/h5H,2-3H2,1H3;;;2*1H;;;;/q;;+2;;;;;;/p-2. The molecule has 0 aromatic carbocycles. The summed E-state index contributed by atoms with van der Waals surface area (Å²) in [5.41, 5.74) is 0. The van der Waals surface area contributed by atoms with Crippen LogP contribution in [0.2, 0.25) is 0 Å². The van der Waals surface area contributed by atoms with E-state index in [1.165, 1.54) is 0 Å². The van der Waals surface area contributed by atoms with E-state index in [9.17, 15) is 4.79 Å². The van der Waals surface area contributed by atoms with Crippen molar-refractivity contribution in [3.63, 3.8) is 0 Å². The number of halogens is 2. The molecular weight excluding hydrogens is 221 g/mol. The van der Waals surface area contributed by atoms with Crippen LogP contribution in [0.15, 0.2) is 0 Å². The number of aliphatic hydroxyl groups excluding tert-OH is 1. The highest BCUT2D eigenvalue weighted by Gasteiger charge is 1.92. The number of esters is 1. The molecule has 0 aromatic heterocycles. The van der Waals surface area contributed by atoms with Gasteiger partial charge in [-0.15, -0.1) is 0 Å². The van der Waals surface area contributed by atoms with Crippen molar-refractivity contribution in [2.45, 2.75) is 6.92 Å². The number of hydrogen-bond donors (Lipinski definition) is 1. The first kappa shape index (κ1) is 18.0. The van der Waals surface area contributed by atoms with Gasteiger partial charge in [0, 0.05) is 0 Å². The molecule has 0 unspecified atom stereocenters. The van der Waals surface area contributed by atoms with Gasteiger partial charge in [-0.25, -0.2) is 24.9 Å². The second-order valence-electron chi connectivity index (χ2n) is 1.06. The lowest BCUT2D eigenvalue weighted by Crippen LogP contribution is -2.07. The molecule has 0 amide bonds. The third-order valence-corrected chi connectivity index (χ3v) is 0.434. The largest absolute Gasteiger partial charge is 0.499 e. The van der Waals surface area contributed by atoms with E-state index in [0.29, 0.717) is 6.61 Å². The van der Waals surface area contributed by atoms with Gasteiger partial charge in [-0.05, 0) is 6.92 Å². The Hall–Kier alpha value is 1.07. The van der Waals surface area contributed by atoms with Crippen LogP contribution >= 0.6 is 20.1 Å². The molecule has 0 spiro atoms. The highest BCUT2D eigenvalue weighted by molar-refractivity contribution is 7.22. The minimum Gasteiger partial charge on any atom is -0.464 e. The molecule has 0 atom stereocenters. The van der Waals surface area contributed by atoms with Crippen LogP contribution in [0.4, 0.5) is 0 Å². The Kier molecular flexibility index (Phi) is 28.2. The highest BCUT2D eigenvalue weighted by atomic mass is 35.7. The average Bonchev–Trinajstić information content (AvgIpc) is 1.90. The fraction of sp³-hybridized carbons (Fsp3) is 0.750. The SMILES string of the molecule is CCOC(=O)CO.[AlH3].[Cl][AlH][Cl]. The Balaban J connectivity index is -0.000000140. The maximum absolute atomic E-state index is 9.94. The summed E-state index contributed by atoms with van der Waals surface area (Å²) in [7, 11) is 9.81. The molecule has 66 valence electrons. The first-order valence-corrected chi connectivity index (χ1v) is 6.88. The van der Waals surface area contributed by atoms with E-state index in [4.69, 9.17) is 25.2 Å². The molecule has 0 saturated heterocycles. The molecule has 1 N–H and O–H groups in total. The van der Waals surface area contributed by atoms with Gasteiger partial charge in [-0.3, -0.25) is 0 Å². The average molecular weight is 233 g/mol. The molecule has 3 nitrogen and oxygen atoms in total. The zero-order chi connectivity index (χ0) is 8.41. The summed E-state index contributed by atoms with van der Waals surface area (Å²) in [5.74, 6) is -0.567. The summed E-state index contributed by atoms with van der Waals surface area (Å²) in [6.07, 6.45) is 0. The number of aliphatic hydroxyl groups is 1. The Morgan fingerprint density at radius 1 is 1.64 bits per heavy atom. The smallest absolute Gasteiger partial charge is 0.464 e. The molecule has 0 fully saturated rings. The summed E-state index contributed by atoms with van der Waals surface area (Å²) in [4.78, 5) is 9.94. The van der Waals surface area contributed by atoms with Gasteiger partial charge in [0.25, 0.3) is 0 Å².